The number of aromatic amines is 1. The number of aryl methyl sites for hydroxylation is 1. The lowest BCUT2D eigenvalue weighted by atomic mass is 9.69. The third-order valence-electron chi connectivity index (χ3n) is 9.86. The Morgan fingerprint density at radius 3 is 2.45 bits per heavy atom. The molecule has 1 saturated carbocycles. The predicted molar refractivity (Wildman–Crippen MR) is 161 cm³/mol. The summed E-state index contributed by atoms with van der Waals surface area (Å²) in [7, 11) is 0. The first-order chi connectivity index (χ1) is 18.3. The van der Waals surface area contributed by atoms with E-state index in [2.05, 4.69) is 72.5 Å². The lowest BCUT2D eigenvalue weighted by Gasteiger charge is -2.48. The number of nitrogens with zero attached hydrogens (tertiary/aromatic N) is 2. The van der Waals surface area contributed by atoms with Crippen LogP contribution in [0.3, 0.4) is 0 Å². The van der Waals surface area contributed by atoms with Gasteiger partial charge in [-0.1, -0.05) is 58.7 Å². The second-order valence-electron chi connectivity index (χ2n) is 12.2. The molecule has 3 aliphatic rings. The van der Waals surface area contributed by atoms with E-state index in [1.807, 2.05) is 0 Å². The molecule has 1 saturated heterocycles. The minimum Gasteiger partial charge on any atom is -0.369 e. The van der Waals surface area contributed by atoms with Gasteiger partial charge in [0.2, 0.25) is 0 Å². The van der Waals surface area contributed by atoms with Crippen LogP contribution in [0, 0.1) is 5.41 Å². The van der Waals surface area contributed by atoms with Gasteiger partial charge in [-0.2, -0.15) is 0 Å². The van der Waals surface area contributed by atoms with Gasteiger partial charge in [-0.05, 0) is 65.3 Å². The first-order valence-corrected chi connectivity index (χ1v) is 14.6. The molecule has 2 fully saturated rings. The lowest BCUT2D eigenvalue weighted by Crippen LogP contribution is -2.58. The highest BCUT2D eigenvalue weighted by molar-refractivity contribution is 6.01. The van der Waals surface area contributed by atoms with Crippen molar-refractivity contribution in [2.75, 3.05) is 31.1 Å². The van der Waals surface area contributed by atoms with Crippen molar-refractivity contribution in [1.29, 1.82) is 5.41 Å². The van der Waals surface area contributed by atoms with Crippen molar-refractivity contribution in [3.8, 4) is 0 Å². The molecule has 0 radical (unpaired) electrons. The van der Waals surface area contributed by atoms with Gasteiger partial charge in [0, 0.05) is 72.2 Å². The molecular weight excluding hydrogens is 466 g/mol. The van der Waals surface area contributed by atoms with E-state index in [1.54, 1.807) is 6.21 Å². The van der Waals surface area contributed by atoms with Crippen molar-refractivity contribution in [3.63, 3.8) is 0 Å². The maximum atomic E-state index is 8.25. The van der Waals surface area contributed by atoms with Crippen molar-refractivity contribution in [1.82, 2.24) is 9.88 Å². The van der Waals surface area contributed by atoms with Crippen molar-refractivity contribution < 1.29 is 0 Å². The lowest BCUT2D eigenvalue weighted by molar-refractivity contribution is 0.105. The zero-order valence-corrected chi connectivity index (χ0v) is 23.4. The van der Waals surface area contributed by atoms with Crippen LogP contribution in [0.2, 0.25) is 0 Å². The Morgan fingerprint density at radius 2 is 1.79 bits per heavy atom. The molecule has 0 bridgehead atoms. The van der Waals surface area contributed by atoms with Gasteiger partial charge in [-0.3, -0.25) is 4.90 Å². The van der Waals surface area contributed by atoms with Crippen LogP contribution < -0.4 is 10.6 Å². The van der Waals surface area contributed by atoms with E-state index in [-0.39, 0.29) is 11.0 Å². The smallest absolute Gasteiger partial charge is 0.0557 e. The van der Waals surface area contributed by atoms with E-state index in [9.17, 15) is 0 Å². The number of fused-ring (bicyclic) bond motifs is 4. The highest BCUT2D eigenvalue weighted by Gasteiger charge is 2.40. The van der Waals surface area contributed by atoms with E-state index >= 15 is 0 Å². The number of aromatic nitrogens is 1. The topological polar surface area (TPSA) is 72.1 Å². The molecule has 2 aromatic carbocycles. The van der Waals surface area contributed by atoms with Crippen LogP contribution in [-0.2, 0) is 18.4 Å². The fourth-order valence-corrected chi connectivity index (χ4v) is 7.51. The second kappa shape index (κ2) is 9.39. The zero-order valence-electron chi connectivity index (χ0n) is 23.4. The second-order valence-corrected chi connectivity index (χ2v) is 12.2. The van der Waals surface area contributed by atoms with Gasteiger partial charge < -0.3 is 21.0 Å². The number of hydrogen-bond acceptors (Lipinski definition) is 4. The summed E-state index contributed by atoms with van der Waals surface area (Å²) in [5.74, 6) is 0. The molecule has 4 N–H and O–H groups in total. The van der Waals surface area contributed by atoms with Gasteiger partial charge in [0.25, 0.3) is 0 Å². The molecule has 2 aliphatic carbocycles. The molecule has 0 unspecified atom stereocenters. The molecule has 5 heteroatoms. The molecule has 3 aromatic rings. The standard InChI is InChI=1S/C33H43N5/c1-5-24-18-26-22(2)30-25-10-9-23(20-34)17-28(25)36-31(30)32(3,4)27(26)19-29(24)37-13-15-38(16-14-37)33(21-35)11-7-6-8-12-33/h9-10,17-19,21,35-36H,2,5-8,11-16,20,34H2,1,3-4H3. The monoisotopic (exact) mass is 509 g/mol. The average Bonchev–Trinajstić information content (AvgIpc) is 3.36. The molecule has 6 rings (SSSR count). The molecule has 0 spiro atoms. The maximum absolute atomic E-state index is 8.25. The number of H-pyrrole nitrogens is 1. The van der Waals surface area contributed by atoms with E-state index in [0.29, 0.717) is 6.54 Å². The minimum absolute atomic E-state index is 0.0106. The summed E-state index contributed by atoms with van der Waals surface area (Å²) in [5, 5.41) is 9.49. The van der Waals surface area contributed by atoms with Gasteiger partial charge in [0.05, 0.1) is 5.54 Å². The number of hydrogen-bond donors (Lipinski definition) is 3. The number of benzene rings is 2. The van der Waals surface area contributed by atoms with E-state index in [1.165, 1.54) is 58.3 Å². The minimum atomic E-state index is -0.164. The first-order valence-electron chi connectivity index (χ1n) is 14.6. The molecule has 5 nitrogen and oxygen atoms in total. The summed E-state index contributed by atoms with van der Waals surface area (Å²) in [5.41, 5.74) is 17.1. The number of rotatable bonds is 5. The van der Waals surface area contributed by atoms with Gasteiger partial charge in [0.15, 0.2) is 0 Å². The maximum Gasteiger partial charge on any atom is 0.0557 e. The van der Waals surface area contributed by atoms with Crippen LogP contribution in [0.15, 0.2) is 36.9 Å². The molecule has 1 aliphatic heterocycles. The van der Waals surface area contributed by atoms with Gasteiger partial charge in [-0.15, -0.1) is 0 Å². The summed E-state index contributed by atoms with van der Waals surface area (Å²) in [6, 6.07) is 11.4. The van der Waals surface area contributed by atoms with Gasteiger partial charge in [-0.25, -0.2) is 0 Å². The Kier molecular flexibility index (Phi) is 6.27. The predicted octanol–water partition coefficient (Wildman–Crippen LogP) is 6.36. The zero-order chi connectivity index (χ0) is 26.7. The van der Waals surface area contributed by atoms with Crippen molar-refractivity contribution in [2.24, 2.45) is 5.73 Å². The Bertz CT molecular complexity index is 1400. The Morgan fingerprint density at radius 1 is 1.05 bits per heavy atom. The number of anilines is 1. The van der Waals surface area contributed by atoms with E-state index in [0.717, 1.165) is 62.1 Å². The van der Waals surface area contributed by atoms with Crippen molar-refractivity contribution >= 4 is 28.4 Å². The number of piperazine rings is 1. The largest absolute Gasteiger partial charge is 0.369 e. The third-order valence-corrected chi connectivity index (χ3v) is 9.86. The fourth-order valence-electron chi connectivity index (χ4n) is 7.51. The summed E-state index contributed by atoms with van der Waals surface area (Å²) in [4.78, 5) is 8.98. The van der Waals surface area contributed by atoms with E-state index < -0.39 is 0 Å². The van der Waals surface area contributed by atoms with Crippen LogP contribution in [0.25, 0.3) is 16.5 Å². The summed E-state index contributed by atoms with van der Waals surface area (Å²) in [6.45, 7) is 16.2. The summed E-state index contributed by atoms with van der Waals surface area (Å²) in [6.07, 6.45) is 8.88. The van der Waals surface area contributed by atoms with Crippen molar-refractivity contribution in [2.45, 2.75) is 76.8 Å². The molecule has 2 heterocycles. The Balaban J connectivity index is 1.36. The molecule has 0 atom stereocenters. The van der Waals surface area contributed by atoms with Crippen LogP contribution in [0.4, 0.5) is 5.69 Å². The molecule has 38 heavy (non-hydrogen) atoms. The molecule has 1 aromatic heterocycles. The van der Waals surface area contributed by atoms with Gasteiger partial charge >= 0.3 is 0 Å². The molecule has 0 amide bonds. The quantitative estimate of drug-likeness (QED) is 0.350. The SMILES string of the molecule is C=C1c2cc(CC)c(N3CCN(C4(C=N)CCCCC4)CC3)cc2C(C)(C)c2[nH]c3cc(CN)ccc3c21. The molecule has 200 valence electrons. The van der Waals surface area contributed by atoms with Gasteiger partial charge in [0.1, 0.15) is 0 Å². The normalized spacial score (nSPS) is 20.8. The van der Waals surface area contributed by atoms with Crippen LogP contribution in [-0.4, -0.2) is 47.8 Å². The fraction of sp³-hybridized carbons (Fsp3) is 0.485. The summed E-state index contributed by atoms with van der Waals surface area (Å²) < 4.78 is 0. The van der Waals surface area contributed by atoms with Crippen molar-refractivity contribution in [3.05, 3.63) is 70.4 Å². The highest BCUT2D eigenvalue weighted by Crippen LogP contribution is 2.50. The van der Waals surface area contributed by atoms with E-state index in [4.69, 9.17) is 11.1 Å². The average molecular weight is 510 g/mol. The van der Waals surface area contributed by atoms with Crippen LogP contribution in [0.5, 0.6) is 0 Å². The number of nitrogens with two attached hydrogens (primary N) is 1. The van der Waals surface area contributed by atoms with Crippen LogP contribution in [0.1, 0.15) is 86.4 Å². The number of nitrogens with one attached hydrogen (secondary N) is 2. The third kappa shape index (κ3) is 3.77. The first kappa shape index (κ1) is 25.4. The highest BCUT2D eigenvalue weighted by atomic mass is 15.3. The van der Waals surface area contributed by atoms with Crippen LogP contribution >= 0.6 is 0 Å². The Hall–Kier alpha value is -2.89. The Labute approximate surface area is 227 Å². The summed E-state index contributed by atoms with van der Waals surface area (Å²) >= 11 is 0. The molecular formula is C33H43N5.